The quantitative estimate of drug-likeness (QED) is 0.598. The van der Waals surface area contributed by atoms with Crippen LogP contribution in [0.4, 0.5) is 4.39 Å². The zero-order valence-corrected chi connectivity index (χ0v) is 7.96. The maximum absolute atomic E-state index is 13.6. The molecule has 0 N–H and O–H groups in total. The van der Waals surface area contributed by atoms with Crippen molar-refractivity contribution >= 4 is 11.7 Å². The summed E-state index contributed by atoms with van der Waals surface area (Å²) in [7, 11) is 1.33. The van der Waals surface area contributed by atoms with Crippen molar-refractivity contribution in [1.29, 1.82) is 0 Å². The van der Waals surface area contributed by atoms with Crippen molar-refractivity contribution < 1.29 is 18.7 Å². The molecule has 0 unspecified atom stereocenters. The Kier molecular flexibility index (Phi) is 3.00. The van der Waals surface area contributed by atoms with Gasteiger partial charge in [-0.15, -0.1) is 0 Å². The van der Waals surface area contributed by atoms with Gasteiger partial charge in [-0.25, -0.2) is 4.39 Å². The topological polar surface area (TPSA) is 46.6 Å². The molecule has 1 saturated heterocycles. The van der Waals surface area contributed by atoms with Gasteiger partial charge in [0.25, 0.3) is 0 Å². The third-order valence-corrected chi connectivity index (χ3v) is 2.14. The molecule has 1 amide bonds. The normalized spacial score (nSPS) is 18.6. The van der Waals surface area contributed by atoms with Crippen LogP contribution in [-0.2, 0) is 14.3 Å². The van der Waals surface area contributed by atoms with Gasteiger partial charge in [0.05, 0.1) is 13.1 Å². The van der Waals surface area contributed by atoms with Crippen molar-refractivity contribution in [2.24, 2.45) is 0 Å². The van der Waals surface area contributed by atoms with E-state index in [-0.39, 0.29) is 25.6 Å². The van der Waals surface area contributed by atoms with Gasteiger partial charge >= 0.3 is 0 Å². The number of nitrogens with zero attached hydrogens (tertiary/aromatic N) is 1. The minimum atomic E-state index is -1.92. The van der Waals surface area contributed by atoms with E-state index in [4.69, 9.17) is 0 Å². The van der Waals surface area contributed by atoms with Crippen molar-refractivity contribution in [3.05, 3.63) is 12.7 Å². The molecule has 1 fully saturated rings. The van der Waals surface area contributed by atoms with Gasteiger partial charge in [-0.05, 0) is 6.08 Å². The third-order valence-electron chi connectivity index (χ3n) is 2.14. The smallest absolute Gasteiger partial charge is 0.246 e. The van der Waals surface area contributed by atoms with Crippen molar-refractivity contribution in [1.82, 2.24) is 4.90 Å². The van der Waals surface area contributed by atoms with E-state index in [1.807, 2.05) is 0 Å². The standard InChI is InChI=1S/C9H12FNO3/c1-3-8(13)11-5-9(10,6-11)7(12)4-14-2/h3H,1,4-6H2,2H3. The van der Waals surface area contributed by atoms with Crippen molar-refractivity contribution in [3.8, 4) is 0 Å². The van der Waals surface area contributed by atoms with Crippen LogP contribution in [0.1, 0.15) is 0 Å². The summed E-state index contributed by atoms with van der Waals surface area (Å²) in [5.41, 5.74) is -1.92. The van der Waals surface area contributed by atoms with Gasteiger partial charge in [0.15, 0.2) is 5.78 Å². The van der Waals surface area contributed by atoms with Crippen molar-refractivity contribution in [3.63, 3.8) is 0 Å². The highest BCUT2D eigenvalue weighted by atomic mass is 19.1. The Balaban J connectivity index is 2.48. The Morgan fingerprint density at radius 2 is 2.21 bits per heavy atom. The number of ether oxygens (including phenoxy) is 1. The highest BCUT2D eigenvalue weighted by Crippen LogP contribution is 2.26. The third kappa shape index (κ3) is 1.82. The molecule has 1 aliphatic heterocycles. The second kappa shape index (κ2) is 3.88. The number of Topliss-reactive ketones (excluding diaryl/α,β-unsaturated/α-hetero) is 1. The summed E-state index contributed by atoms with van der Waals surface area (Å²) in [6.07, 6.45) is 1.10. The molecule has 0 aromatic heterocycles. The first-order chi connectivity index (χ1) is 6.53. The van der Waals surface area contributed by atoms with Crippen LogP contribution in [0.5, 0.6) is 0 Å². The Morgan fingerprint density at radius 3 is 2.64 bits per heavy atom. The summed E-state index contributed by atoms with van der Waals surface area (Å²) >= 11 is 0. The van der Waals surface area contributed by atoms with Crippen LogP contribution < -0.4 is 0 Å². The molecule has 0 aromatic rings. The van der Waals surface area contributed by atoms with E-state index in [1.54, 1.807) is 0 Å². The molecule has 0 aromatic carbocycles. The fourth-order valence-corrected chi connectivity index (χ4v) is 1.28. The van der Waals surface area contributed by atoms with E-state index < -0.39 is 11.5 Å². The van der Waals surface area contributed by atoms with Gasteiger partial charge in [0.1, 0.15) is 6.61 Å². The zero-order valence-electron chi connectivity index (χ0n) is 7.96. The molecule has 4 nitrogen and oxygen atoms in total. The van der Waals surface area contributed by atoms with Crippen LogP contribution in [0.3, 0.4) is 0 Å². The molecule has 5 heteroatoms. The Hall–Kier alpha value is -1.23. The van der Waals surface area contributed by atoms with Crippen LogP contribution >= 0.6 is 0 Å². The average molecular weight is 201 g/mol. The molecular formula is C9H12FNO3. The lowest BCUT2D eigenvalue weighted by atomic mass is 9.91. The predicted octanol–water partition coefficient (Wildman–Crippen LogP) is -0.0616. The number of hydrogen-bond donors (Lipinski definition) is 0. The zero-order chi connectivity index (χ0) is 10.8. The second-order valence-corrected chi connectivity index (χ2v) is 3.22. The van der Waals surface area contributed by atoms with E-state index in [0.29, 0.717) is 0 Å². The van der Waals surface area contributed by atoms with Gasteiger partial charge in [-0.3, -0.25) is 9.59 Å². The highest BCUT2D eigenvalue weighted by Gasteiger charge is 2.50. The molecule has 1 aliphatic rings. The largest absolute Gasteiger partial charge is 0.377 e. The molecule has 0 radical (unpaired) electrons. The highest BCUT2D eigenvalue weighted by molar-refractivity contribution is 5.94. The summed E-state index contributed by atoms with van der Waals surface area (Å²) in [6, 6.07) is 0. The van der Waals surface area contributed by atoms with E-state index in [0.717, 1.165) is 6.08 Å². The maximum Gasteiger partial charge on any atom is 0.246 e. The van der Waals surface area contributed by atoms with Crippen molar-refractivity contribution in [2.75, 3.05) is 26.8 Å². The number of carbonyl (C=O) groups is 2. The summed E-state index contributed by atoms with van der Waals surface area (Å²) in [5, 5.41) is 0. The molecule has 78 valence electrons. The molecule has 14 heavy (non-hydrogen) atoms. The fourth-order valence-electron chi connectivity index (χ4n) is 1.28. The van der Waals surface area contributed by atoms with E-state index in [9.17, 15) is 14.0 Å². The number of methoxy groups -OCH3 is 1. The maximum atomic E-state index is 13.6. The molecule has 0 spiro atoms. The summed E-state index contributed by atoms with van der Waals surface area (Å²) in [4.78, 5) is 23.3. The monoisotopic (exact) mass is 201 g/mol. The van der Waals surface area contributed by atoms with Gasteiger partial charge in [-0.2, -0.15) is 0 Å². The fraction of sp³-hybridized carbons (Fsp3) is 0.556. The number of hydrogen-bond acceptors (Lipinski definition) is 3. The summed E-state index contributed by atoms with van der Waals surface area (Å²) in [5.74, 6) is -0.975. The molecule has 0 atom stereocenters. The molecule has 0 saturated carbocycles. The molecule has 1 heterocycles. The lowest BCUT2D eigenvalue weighted by molar-refractivity contribution is -0.154. The molecule has 0 bridgehead atoms. The van der Waals surface area contributed by atoms with Crippen LogP contribution in [-0.4, -0.2) is 49.1 Å². The van der Waals surface area contributed by atoms with Gasteiger partial charge in [0, 0.05) is 7.11 Å². The predicted molar refractivity (Wildman–Crippen MR) is 47.5 cm³/mol. The average Bonchev–Trinajstić information content (AvgIpc) is 2.12. The minimum absolute atomic E-state index is 0.194. The molecule has 1 rings (SSSR count). The number of halogens is 1. The van der Waals surface area contributed by atoms with Crippen LogP contribution in [0.25, 0.3) is 0 Å². The first-order valence-electron chi connectivity index (χ1n) is 4.16. The Labute approximate surface area is 81.3 Å². The molecular weight excluding hydrogens is 189 g/mol. The SMILES string of the molecule is C=CC(=O)N1CC(F)(C(=O)COC)C1. The van der Waals surface area contributed by atoms with Crippen molar-refractivity contribution in [2.45, 2.75) is 5.67 Å². The van der Waals surface area contributed by atoms with Crippen LogP contribution in [0, 0.1) is 0 Å². The first-order valence-corrected chi connectivity index (χ1v) is 4.16. The van der Waals surface area contributed by atoms with E-state index >= 15 is 0 Å². The lowest BCUT2D eigenvalue weighted by Crippen LogP contribution is -2.65. The number of ketones is 1. The second-order valence-electron chi connectivity index (χ2n) is 3.22. The van der Waals surface area contributed by atoms with Gasteiger partial charge < -0.3 is 9.64 Å². The number of amides is 1. The van der Waals surface area contributed by atoms with Crippen LogP contribution in [0.2, 0.25) is 0 Å². The van der Waals surface area contributed by atoms with Gasteiger partial charge in [-0.1, -0.05) is 6.58 Å². The Bertz CT molecular complexity index is 271. The van der Waals surface area contributed by atoms with Crippen LogP contribution in [0.15, 0.2) is 12.7 Å². The minimum Gasteiger partial charge on any atom is -0.377 e. The number of likely N-dealkylation sites (tertiary alicyclic amines) is 1. The number of carbonyl (C=O) groups excluding carboxylic acids is 2. The first kappa shape index (κ1) is 10.8. The summed E-state index contributed by atoms with van der Waals surface area (Å²) < 4.78 is 18.1. The number of rotatable bonds is 4. The summed E-state index contributed by atoms with van der Waals surface area (Å²) in [6.45, 7) is 2.62. The van der Waals surface area contributed by atoms with E-state index in [1.165, 1.54) is 12.0 Å². The molecule has 0 aliphatic carbocycles. The lowest BCUT2D eigenvalue weighted by Gasteiger charge is -2.42. The number of alkyl halides is 1. The van der Waals surface area contributed by atoms with Gasteiger partial charge in [0.2, 0.25) is 11.6 Å². The Morgan fingerprint density at radius 1 is 1.64 bits per heavy atom. The van der Waals surface area contributed by atoms with E-state index in [2.05, 4.69) is 11.3 Å².